The van der Waals surface area contributed by atoms with Gasteiger partial charge in [-0.25, -0.2) is 9.97 Å². The summed E-state index contributed by atoms with van der Waals surface area (Å²) in [6, 6.07) is 20.5. The van der Waals surface area contributed by atoms with Crippen LogP contribution in [0.2, 0.25) is 5.02 Å². The summed E-state index contributed by atoms with van der Waals surface area (Å²) in [5.41, 5.74) is 7.98. The molecule has 5 rings (SSSR count). The van der Waals surface area contributed by atoms with Crippen LogP contribution in [0.3, 0.4) is 0 Å². The first kappa shape index (κ1) is 19.9. The number of pyridine rings is 1. The Hall–Kier alpha value is -3.08. The minimum atomic E-state index is 0.721. The first-order valence-corrected chi connectivity index (χ1v) is 10.9. The lowest BCUT2D eigenvalue weighted by Crippen LogP contribution is -2.31. The molecule has 4 nitrogen and oxygen atoms in total. The molecule has 0 atom stereocenters. The fourth-order valence-electron chi connectivity index (χ4n) is 3.92. The highest BCUT2D eigenvalue weighted by Gasteiger charge is 2.19. The number of nitrogens with zero attached hydrogens (tertiary/aromatic N) is 4. The molecule has 1 aliphatic heterocycles. The molecular formula is C26H23ClN4. The van der Waals surface area contributed by atoms with Crippen molar-refractivity contribution in [3.8, 4) is 22.6 Å². The second-order valence-electron chi connectivity index (χ2n) is 8.05. The zero-order chi connectivity index (χ0) is 21.2. The van der Waals surface area contributed by atoms with Crippen molar-refractivity contribution in [2.75, 3.05) is 6.54 Å². The Kier molecular flexibility index (Phi) is 5.49. The summed E-state index contributed by atoms with van der Waals surface area (Å²) >= 11 is 5.99. The number of aromatic nitrogens is 3. The van der Waals surface area contributed by atoms with Crippen molar-refractivity contribution in [1.29, 1.82) is 0 Å². The van der Waals surface area contributed by atoms with Crippen LogP contribution in [-0.4, -0.2) is 26.4 Å². The third-order valence-corrected chi connectivity index (χ3v) is 5.95. The van der Waals surface area contributed by atoms with E-state index in [0.29, 0.717) is 0 Å². The second kappa shape index (κ2) is 8.58. The molecule has 2 aromatic carbocycles. The fraction of sp³-hybridized carbons (Fsp3) is 0.192. The molecule has 0 saturated heterocycles. The normalized spacial score (nSPS) is 13.7. The molecule has 2 aromatic heterocycles. The average Bonchev–Trinajstić information content (AvgIpc) is 2.80. The van der Waals surface area contributed by atoms with Gasteiger partial charge in [0.25, 0.3) is 0 Å². The highest BCUT2D eigenvalue weighted by Crippen LogP contribution is 2.24. The van der Waals surface area contributed by atoms with Gasteiger partial charge >= 0.3 is 0 Å². The number of halogens is 1. The maximum Gasteiger partial charge on any atom is 0.159 e. The van der Waals surface area contributed by atoms with Crippen molar-refractivity contribution in [3.63, 3.8) is 0 Å². The lowest BCUT2D eigenvalue weighted by atomic mass is 10.1. The summed E-state index contributed by atoms with van der Waals surface area (Å²) in [6.45, 7) is 4.81. The number of rotatable bonds is 4. The van der Waals surface area contributed by atoms with Crippen LogP contribution < -0.4 is 0 Å². The molecule has 0 saturated carbocycles. The smallest absolute Gasteiger partial charge is 0.159 e. The first-order chi connectivity index (χ1) is 15.1. The molecule has 154 valence electrons. The molecule has 5 heteroatoms. The molecule has 0 fully saturated rings. The Morgan fingerprint density at radius 1 is 0.871 bits per heavy atom. The van der Waals surface area contributed by atoms with E-state index in [1.165, 1.54) is 16.7 Å². The van der Waals surface area contributed by atoms with Gasteiger partial charge in [0.05, 0.1) is 11.4 Å². The van der Waals surface area contributed by atoms with Crippen molar-refractivity contribution in [2.45, 2.75) is 26.4 Å². The number of aryl methyl sites for hydroxylation is 1. The average molecular weight is 427 g/mol. The van der Waals surface area contributed by atoms with E-state index in [1.54, 1.807) is 0 Å². The Balaban J connectivity index is 1.26. The van der Waals surface area contributed by atoms with Crippen molar-refractivity contribution in [3.05, 3.63) is 100 Å². The van der Waals surface area contributed by atoms with Crippen molar-refractivity contribution >= 4 is 11.6 Å². The van der Waals surface area contributed by atoms with E-state index >= 15 is 0 Å². The standard InChI is InChI=1S/C26H23ClN4/c1-18-2-5-20(6-3-18)24-11-4-19(14-28-24)16-31-13-12-25-22(17-31)15-29-26(30-25)21-7-9-23(27)10-8-21/h2-11,14-15H,12-13,16-17H2,1H3. The molecule has 0 radical (unpaired) electrons. The van der Waals surface area contributed by atoms with Crippen LogP contribution in [0.25, 0.3) is 22.6 Å². The van der Waals surface area contributed by atoms with Gasteiger partial charge in [0.15, 0.2) is 5.82 Å². The van der Waals surface area contributed by atoms with E-state index in [4.69, 9.17) is 16.6 Å². The summed E-state index contributed by atoms with van der Waals surface area (Å²) in [7, 11) is 0. The Morgan fingerprint density at radius 2 is 1.65 bits per heavy atom. The van der Waals surface area contributed by atoms with E-state index in [9.17, 15) is 0 Å². The van der Waals surface area contributed by atoms with E-state index in [-0.39, 0.29) is 0 Å². The van der Waals surface area contributed by atoms with Crippen molar-refractivity contribution in [2.24, 2.45) is 0 Å². The van der Waals surface area contributed by atoms with Crippen LogP contribution in [0.15, 0.2) is 73.1 Å². The molecular weight excluding hydrogens is 404 g/mol. The van der Waals surface area contributed by atoms with Crippen LogP contribution in [-0.2, 0) is 19.5 Å². The number of hydrogen-bond acceptors (Lipinski definition) is 4. The second-order valence-corrected chi connectivity index (χ2v) is 8.49. The van der Waals surface area contributed by atoms with E-state index < -0.39 is 0 Å². The van der Waals surface area contributed by atoms with Crippen LogP contribution in [0.1, 0.15) is 22.4 Å². The number of hydrogen-bond donors (Lipinski definition) is 0. The minimum Gasteiger partial charge on any atom is -0.294 e. The van der Waals surface area contributed by atoms with Gasteiger partial charge in [-0.05, 0) is 42.8 Å². The Bertz CT molecular complexity index is 1190. The zero-order valence-electron chi connectivity index (χ0n) is 17.4. The number of fused-ring (bicyclic) bond motifs is 1. The van der Waals surface area contributed by atoms with Gasteiger partial charge in [-0.15, -0.1) is 0 Å². The van der Waals surface area contributed by atoms with Gasteiger partial charge in [-0.2, -0.15) is 0 Å². The summed E-state index contributed by atoms with van der Waals surface area (Å²) in [5.74, 6) is 0.764. The van der Waals surface area contributed by atoms with Crippen LogP contribution in [0.5, 0.6) is 0 Å². The molecule has 0 spiro atoms. The molecule has 1 aliphatic rings. The van der Waals surface area contributed by atoms with Gasteiger partial charge in [0, 0.05) is 60.2 Å². The van der Waals surface area contributed by atoms with Crippen molar-refractivity contribution in [1.82, 2.24) is 19.9 Å². The SMILES string of the molecule is Cc1ccc(-c2ccc(CN3CCc4nc(-c5ccc(Cl)cc5)ncc4C3)cn2)cc1. The lowest BCUT2D eigenvalue weighted by Gasteiger charge is -2.28. The molecule has 0 N–H and O–H groups in total. The zero-order valence-corrected chi connectivity index (χ0v) is 18.2. The van der Waals surface area contributed by atoms with Gasteiger partial charge in [0.1, 0.15) is 0 Å². The third-order valence-electron chi connectivity index (χ3n) is 5.69. The van der Waals surface area contributed by atoms with Crippen LogP contribution in [0, 0.1) is 6.92 Å². The van der Waals surface area contributed by atoms with Gasteiger partial charge in [-0.3, -0.25) is 9.88 Å². The summed E-state index contributed by atoms with van der Waals surface area (Å²) in [6.07, 6.45) is 4.88. The molecule has 0 bridgehead atoms. The molecule has 0 aliphatic carbocycles. The molecule has 0 amide bonds. The lowest BCUT2D eigenvalue weighted by molar-refractivity contribution is 0.242. The first-order valence-electron chi connectivity index (χ1n) is 10.5. The fourth-order valence-corrected chi connectivity index (χ4v) is 4.04. The molecule has 0 unspecified atom stereocenters. The molecule has 31 heavy (non-hydrogen) atoms. The quantitative estimate of drug-likeness (QED) is 0.418. The summed E-state index contributed by atoms with van der Waals surface area (Å²) < 4.78 is 0. The van der Waals surface area contributed by atoms with Gasteiger partial charge < -0.3 is 0 Å². The summed E-state index contributed by atoms with van der Waals surface area (Å²) in [4.78, 5) is 16.5. The van der Waals surface area contributed by atoms with Gasteiger partial charge in [0.2, 0.25) is 0 Å². The maximum atomic E-state index is 5.99. The van der Waals surface area contributed by atoms with Crippen LogP contribution in [0.4, 0.5) is 0 Å². The van der Waals surface area contributed by atoms with Gasteiger partial charge in [-0.1, -0.05) is 47.5 Å². The van der Waals surface area contributed by atoms with E-state index in [2.05, 4.69) is 58.2 Å². The summed E-state index contributed by atoms with van der Waals surface area (Å²) in [5, 5.41) is 0.721. The van der Waals surface area contributed by atoms with Crippen molar-refractivity contribution < 1.29 is 0 Å². The minimum absolute atomic E-state index is 0.721. The van der Waals surface area contributed by atoms with Crippen LogP contribution >= 0.6 is 11.6 Å². The number of benzene rings is 2. The van der Waals surface area contributed by atoms with E-state index in [0.717, 1.165) is 59.4 Å². The topological polar surface area (TPSA) is 41.9 Å². The predicted molar refractivity (Wildman–Crippen MR) is 125 cm³/mol. The Morgan fingerprint density at radius 3 is 2.39 bits per heavy atom. The molecule has 3 heterocycles. The maximum absolute atomic E-state index is 5.99. The van der Waals surface area contributed by atoms with E-state index in [1.807, 2.05) is 36.7 Å². The monoisotopic (exact) mass is 426 g/mol. The largest absolute Gasteiger partial charge is 0.294 e. The Labute approximate surface area is 187 Å². The third kappa shape index (κ3) is 4.50. The highest BCUT2D eigenvalue weighted by atomic mass is 35.5. The molecule has 4 aromatic rings. The predicted octanol–water partition coefficient (Wildman–Crippen LogP) is 5.73. The highest BCUT2D eigenvalue weighted by molar-refractivity contribution is 6.30.